The molecule has 3 atom stereocenters. The molecule has 0 aromatic carbocycles. The van der Waals surface area contributed by atoms with E-state index < -0.39 is 0 Å². The van der Waals surface area contributed by atoms with Crippen LogP contribution in [0, 0.1) is 5.92 Å². The van der Waals surface area contributed by atoms with Gasteiger partial charge in [-0.25, -0.2) is 0 Å². The third-order valence-corrected chi connectivity index (χ3v) is 2.54. The number of aliphatic hydroxyl groups is 1. The lowest BCUT2D eigenvalue weighted by Gasteiger charge is -2.57. The molecule has 0 amide bonds. The third kappa shape index (κ3) is 0.956. The SMILES string of the molecule is CC.CN1CC2C(O)CC21. The van der Waals surface area contributed by atoms with Crippen LogP contribution >= 0.6 is 0 Å². The highest BCUT2D eigenvalue weighted by molar-refractivity contribution is 5.03. The first-order valence-electron chi connectivity index (χ1n) is 4.17. The van der Waals surface area contributed by atoms with Crippen LogP contribution < -0.4 is 0 Å². The number of nitrogens with zero attached hydrogens (tertiary/aromatic N) is 1. The molecule has 2 nitrogen and oxygen atoms in total. The van der Waals surface area contributed by atoms with Crippen molar-refractivity contribution in [1.82, 2.24) is 4.90 Å². The van der Waals surface area contributed by atoms with Crippen molar-refractivity contribution in [2.45, 2.75) is 32.4 Å². The number of rotatable bonds is 0. The second-order valence-electron chi connectivity index (χ2n) is 2.97. The van der Waals surface area contributed by atoms with Gasteiger partial charge in [0.25, 0.3) is 0 Å². The molecule has 1 aliphatic heterocycles. The summed E-state index contributed by atoms with van der Waals surface area (Å²) in [6, 6.07) is 0.741. The maximum atomic E-state index is 9.03. The van der Waals surface area contributed by atoms with E-state index in [9.17, 15) is 0 Å². The molecular formula is C8H17NO. The number of hydrogen-bond acceptors (Lipinski definition) is 2. The van der Waals surface area contributed by atoms with Gasteiger partial charge >= 0.3 is 0 Å². The Morgan fingerprint density at radius 2 is 2.00 bits per heavy atom. The second-order valence-corrected chi connectivity index (χ2v) is 2.97. The van der Waals surface area contributed by atoms with Crippen LogP contribution in [-0.2, 0) is 0 Å². The van der Waals surface area contributed by atoms with Gasteiger partial charge in [-0.05, 0) is 13.5 Å². The topological polar surface area (TPSA) is 23.5 Å². The summed E-state index contributed by atoms with van der Waals surface area (Å²) in [5.41, 5.74) is 0. The average molecular weight is 143 g/mol. The monoisotopic (exact) mass is 143 g/mol. The number of piperidine rings is 1. The van der Waals surface area contributed by atoms with E-state index in [1.54, 1.807) is 0 Å². The maximum Gasteiger partial charge on any atom is 0.0610 e. The molecule has 1 saturated heterocycles. The Hall–Kier alpha value is -0.0800. The van der Waals surface area contributed by atoms with Crippen molar-refractivity contribution >= 4 is 0 Å². The van der Waals surface area contributed by atoms with E-state index in [-0.39, 0.29) is 6.10 Å². The van der Waals surface area contributed by atoms with E-state index in [2.05, 4.69) is 11.9 Å². The van der Waals surface area contributed by atoms with Crippen molar-refractivity contribution in [3.05, 3.63) is 0 Å². The second kappa shape index (κ2) is 2.89. The number of fused-ring (bicyclic) bond motifs is 1. The van der Waals surface area contributed by atoms with Gasteiger partial charge in [0.15, 0.2) is 0 Å². The van der Waals surface area contributed by atoms with E-state index >= 15 is 0 Å². The van der Waals surface area contributed by atoms with Gasteiger partial charge in [-0.2, -0.15) is 0 Å². The third-order valence-electron chi connectivity index (χ3n) is 2.54. The lowest BCUT2D eigenvalue weighted by molar-refractivity contribution is -0.138. The molecule has 0 radical (unpaired) electrons. The molecule has 0 bridgehead atoms. The van der Waals surface area contributed by atoms with Crippen LogP contribution in [0.15, 0.2) is 0 Å². The molecule has 0 aromatic heterocycles. The van der Waals surface area contributed by atoms with Crippen LogP contribution in [0.2, 0.25) is 0 Å². The van der Waals surface area contributed by atoms with Crippen molar-refractivity contribution in [1.29, 1.82) is 0 Å². The predicted octanol–water partition coefficient (Wildman–Crippen LogP) is 0.707. The van der Waals surface area contributed by atoms with Gasteiger partial charge in [0.1, 0.15) is 0 Å². The maximum absolute atomic E-state index is 9.03. The van der Waals surface area contributed by atoms with E-state index in [1.807, 2.05) is 13.8 Å². The minimum atomic E-state index is 0.0381. The Morgan fingerprint density at radius 1 is 1.40 bits per heavy atom. The zero-order valence-electron chi connectivity index (χ0n) is 7.04. The van der Waals surface area contributed by atoms with Crippen molar-refractivity contribution in [3.63, 3.8) is 0 Å². The van der Waals surface area contributed by atoms with Crippen LogP contribution in [0.4, 0.5) is 0 Å². The van der Waals surface area contributed by atoms with Crippen LogP contribution in [0.1, 0.15) is 20.3 Å². The van der Waals surface area contributed by atoms with Crippen molar-refractivity contribution in [2.75, 3.05) is 13.6 Å². The molecule has 2 rings (SSSR count). The van der Waals surface area contributed by atoms with E-state index in [4.69, 9.17) is 5.11 Å². The summed E-state index contributed by atoms with van der Waals surface area (Å²) < 4.78 is 0. The van der Waals surface area contributed by atoms with Gasteiger partial charge in [0.05, 0.1) is 6.10 Å². The molecule has 1 heterocycles. The van der Waals surface area contributed by atoms with Gasteiger partial charge in [-0.15, -0.1) is 0 Å². The molecule has 2 heteroatoms. The van der Waals surface area contributed by atoms with Crippen LogP contribution in [0.3, 0.4) is 0 Å². The number of hydrogen-bond donors (Lipinski definition) is 1. The highest BCUT2D eigenvalue weighted by Gasteiger charge is 2.50. The fourth-order valence-corrected chi connectivity index (χ4v) is 1.74. The zero-order valence-corrected chi connectivity index (χ0v) is 7.04. The highest BCUT2D eigenvalue weighted by Crippen LogP contribution is 2.40. The molecule has 60 valence electrons. The van der Waals surface area contributed by atoms with Crippen LogP contribution in [-0.4, -0.2) is 35.7 Å². The number of aliphatic hydroxyl groups excluding tert-OH is 1. The average Bonchev–Trinajstić information content (AvgIpc) is 1.99. The minimum Gasteiger partial charge on any atom is -0.393 e. The van der Waals surface area contributed by atoms with Crippen LogP contribution in [0.5, 0.6) is 0 Å². The summed E-state index contributed by atoms with van der Waals surface area (Å²) in [5, 5.41) is 9.03. The molecule has 0 aromatic rings. The Morgan fingerprint density at radius 3 is 2.10 bits per heavy atom. The zero-order chi connectivity index (χ0) is 7.72. The minimum absolute atomic E-state index is 0.0381. The van der Waals surface area contributed by atoms with Crippen LogP contribution in [0.25, 0.3) is 0 Å². The Bertz CT molecular complexity index is 102. The Kier molecular flexibility index (Phi) is 2.32. The first-order valence-corrected chi connectivity index (χ1v) is 4.17. The van der Waals surface area contributed by atoms with Gasteiger partial charge in [0, 0.05) is 18.5 Å². The summed E-state index contributed by atoms with van der Waals surface area (Å²) in [6.07, 6.45) is 1.05. The first kappa shape index (κ1) is 8.02. The first-order chi connectivity index (χ1) is 4.79. The van der Waals surface area contributed by atoms with E-state index in [1.165, 1.54) is 0 Å². The molecule has 2 aliphatic rings. The molecule has 10 heavy (non-hydrogen) atoms. The van der Waals surface area contributed by atoms with E-state index in [0.29, 0.717) is 5.92 Å². The Balaban J connectivity index is 0.000000231. The molecule has 1 saturated carbocycles. The van der Waals surface area contributed by atoms with Crippen molar-refractivity contribution in [3.8, 4) is 0 Å². The predicted molar refractivity (Wildman–Crippen MR) is 41.9 cm³/mol. The molecule has 0 spiro atoms. The molecule has 1 aliphatic carbocycles. The molecule has 1 N–H and O–H groups in total. The van der Waals surface area contributed by atoms with E-state index in [0.717, 1.165) is 19.0 Å². The smallest absolute Gasteiger partial charge is 0.0610 e. The van der Waals surface area contributed by atoms with Gasteiger partial charge in [-0.1, -0.05) is 13.8 Å². The van der Waals surface area contributed by atoms with Gasteiger partial charge < -0.3 is 10.0 Å². The fourth-order valence-electron chi connectivity index (χ4n) is 1.74. The van der Waals surface area contributed by atoms with Gasteiger partial charge in [-0.3, -0.25) is 0 Å². The normalized spacial score (nSPS) is 43.8. The lowest BCUT2D eigenvalue weighted by Crippen LogP contribution is -2.67. The fraction of sp³-hybridized carbons (Fsp3) is 1.00. The van der Waals surface area contributed by atoms with Gasteiger partial charge in [0.2, 0.25) is 0 Å². The Labute approximate surface area is 62.8 Å². The summed E-state index contributed by atoms with van der Waals surface area (Å²) in [4.78, 5) is 2.30. The summed E-state index contributed by atoms with van der Waals surface area (Å²) in [7, 11) is 2.12. The molecular weight excluding hydrogens is 126 g/mol. The lowest BCUT2D eigenvalue weighted by atomic mass is 9.69. The summed E-state index contributed by atoms with van der Waals surface area (Å²) in [5.74, 6) is 0.639. The molecule has 2 fully saturated rings. The van der Waals surface area contributed by atoms with Crippen molar-refractivity contribution < 1.29 is 5.11 Å². The summed E-state index contributed by atoms with van der Waals surface area (Å²) >= 11 is 0. The summed E-state index contributed by atoms with van der Waals surface area (Å²) in [6.45, 7) is 5.12. The number of likely N-dealkylation sites (tertiary alicyclic amines) is 1. The quantitative estimate of drug-likeness (QED) is 0.540. The van der Waals surface area contributed by atoms with Crippen molar-refractivity contribution in [2.24, 2.45) is 5.92 Å². The standard InChI is InChI=1S/C6H11NO.C2H6/c1-7-3-4-5(7)2-6(4)8;1-2/h4-6,8H,2-3H2,1H3;1-2H3. The molecule has 3 unspecified atom stereocenters. The largest absolute Gasteiger partial charge is 0.393 e. The highest BCUT2D eigenvalue weighted by atomic mass is 16.3.